The van der Waals surface area contributed by atoms with Crippen molar-refractivity contribution in [2.45, 2.75) is 25.9 Å². The van der Waals surface area contributed by atoms with Gasteiger partial charge in [0.05, 0.1) is 0 Å². The van der Waals surface area contributed by atoms with E-state index in [4.69, 9.17) is 14.4 Å². The summed E-state index contributed by atoms with van der Waals surface area (Å²) in [5, 5.41) is 2.96. The van der Waals surface area contributed by atoms with Crippen molar-refractivity contribution in [2.75, 3.05) is 6.54 Å². The highest BCUT2D eigenvalue weighted by molar-refractivity contribution is 6.56. The van der Waals surface area contributed by atoms with E-state index in [1.165, 1.54) is 0 Å². The van der Waals surface area contributed by atoms with Crippen LogP contribution in [0.2, 0.25) is 6.04 Å². The van der Waals surface area contributed by atoms with Gasteiger partial charge in [0.15, 0.2) is 0 Å². The summed E-state index contributed by atoms with van der Waals surface area (Å²) in [7, 11) is -3.79. The largest absolute Gasteiger partial charge is 0.494 e. The molecule has 0 unspecified atom stereocenters. The molecule has 0 aliphatic heterocycles. The van der Waals surface area contributed by atoms with E-state index < -0.39 is 8.80 Å². The molecule has 0 saturated heterocycles. The molecule has 0 aromatic heterocycles. The van der Waals surface area contributed by atoms with Crippen LogP contribution in [0.4, 0.5) is 0 Å². The number of rotatable bonds is 4. The first-order valence-electron chi connectivity index (χ1n) is 3.32. The van der Waals surface area contributed by atoms with Crippen molar-refractivity contribution in [3.05, 3.63) is 0 Å². The van der Waals surface area contributed by atoms with Crippen molar-refractivity contribution in [1.29, 1.82) is 0 Å². The van der Waals surface area contributed by atoms with Gasteiger partial charge in [0.1, 0.15) is 0 Å². The second-order valence-electron chi connectivity index (χ2n) is 2.63. The van der Waals surface area contributed by atoms with Crippen LogP contribution in [0.1, 0.15) is 13.8 Å². The maximum absolute atomic E-state index is 8.54. The molecule has 0 aliphatic rings. The Morgan fingerprint density at radius 2 is 1.80 bits per heavy atom. The predicted octanol–water partition coefficient (Wildman–Crippen LogP) is -1.10. The Morgan fingerprint density at radius 1 is 1.30 bits per heavy atom. The molecule has 0 aliphatic carbocycles. The van der Waals surface area contributed by atoms with Crippen molar-refractivity contribution < 1.29 is 14.4 Å². The van der Waals surface area contributed by atoms with Crippen LogP contribution in [0.5, 0.6) is 0 Å². The Hall–Kier alpha value is 0.0569. The number of hydrogen-bond donors (Lipinski definition) is 4. The number of nitrogens with one attached hydrogen (secondary N) is 1. The fraction of sp³-hybridized carbons (Fsp3) is 1.00. The molecule has 0 amide bonds. The molecule has 0 saturated carbocycles. The summed E-state index contributed by atoms with van der Waals surface area (Å²) in [5.41, 5.74) is 0. The van der Waals surface area contributed by atoms with Gasteiger partial charge in [-0.2, -0.15) is 0 Å². The Kier molecular flexibility index (Phi) is 4.07. The van der Waals surface area contributed by atoms with E-state index in [1.807, 2.05) is 13.8 Å². The van der Waals surface area contributed by atoms with Gasteiger partial charge >= 0.3 is 8.80 Å². The summed E-state index contributed by atoms with van der Waals surface area (Å²) in [6.45, 7) is 4.36. The lowest BCUT2D eigenvalue weighted by molar-refractivity contribution is 0.227. The van der Waals surface area contributed by atoms with Crippen molar-refractivity contribution in [3.8, 4) is 0 Å². The minimum Gasteiger partial charge on any atom is -0.390 e. The highest BCUT2D eigenvalue weighted by atomic mass is 28.4. The standard InChI is InChI=1S/C5H15NO3Si/c1-5(2)6-3-4-10(7,8)9/h5-9H,3-4H2,1-2H3. The van der Waals surface area contributed by atoms with Crippen LogP contribution in [-0.4, -0.2) is 35.8 Å². The SMILES string of the molecule is CC(C)NCC[Si](O)(O)O. The van der Waals surface area contributed by atoms with Gasteiger partial charge in [0.25, 0.3) is 0 Å². The molecule has 0 radical (unpaired) electrons. The average molecular weight is 165 g/mol. The van der Waals surface area contributed by atoms with Crippen LogP contribution in [0, 0.1) is 0 Å². The zero-order valence-electron chi connectivity index (χ0n) is 6.33. The molecule has 0 aromatic rings. The van der Waals surface area contributed by atoms with Gasteiger partial charge < -0.3 is 19.7 Å². The van der Waals surface area contributed by atoms with E-state index in [0.29, 0.717) is 12.6 Å². The second kappa shape index (κ2) is 4.04. The minimum atomic E-state index is -3.79. The van der Waals surface area contributed by atoms with Crippen molar-refractivity contribution in [1.82, 2.24) is 5.32 Å². The predicted molar refractivity (Wildman–Crippen MR) is 40.4 cm³/mol. The van der Waals surface area contributed by atoms with Crippen LogP contribution in [0.15, 0.2) is 0 Å². The van der Waals surface area contributed by atoms with Gasteiger partial charge in [0, 0.05) is 12.1 Å². The summed E-state index contributed by atoms with van der Waals surface area (Å²) >= 11 is 0. The fourth-order valence-electron chi connectivity index (χ4n) is 0.529. The maximum Gasteiger partial charge on any atom is 0.494 e. The zero-order valence-corrected chi connectivity index (χ0v) is 7.33. The van der Waals surface area contributed by atoms with Crippen LogP contribution < -0.4 is 5.32 Å². The third-order valence-electron chi connectivity index (χ3n) is 1.01. The summed E-state index contributed by atoms with van der Waals surface area (Å²) in [5.74, 6) is 0. The molecule has 62 valence electrons. The molecule has 10 heavy (non-hydrogen) atoms. The van der Waals surface area contributed by atoms with Gasteiger partial charge in [-0.05, 0) is 6.54 Å². The average Bonchev–Trinajstić information content (AvgIpc) is 1.59. The minimum absolute atomic E-state index is 0.0607. The zero-order chi connectivity index (χ0) is 8.20. The quantitative estimate of drug-likeness (QED) is 0.399. The van der Waals surface area contributed by atoms with E-state index in [-0.39, 0.29) is 6.04 Å². The first-order valence-corrected chi connectivity index (χ1v) is 5.37. The highest BCUT2D eigenvalue weighted by Gasteiger charge is 2.25. The molecule has 0 bridgehead atoms. The summed E-state index contributed by atoms with van der Waals surface area (Å²) in [6, 6.07) is 0.377. The van der Waals surface area contributed by atoms with Gasteiger partial charge in [-0.1, -0.05) is 13.8 Å². The Labute approximate surface area is 61.9 Å². The second-order valence-corrected chi connectivity index (χ2v) is 4.68. The van der Waals surface area contributed by atoms with Gasteiger partial charge in [0.2, 0.25) is 0 Å². The van der Waals surface area contributed by atoms with E-state index in [0.717, 1.165) is 0 Å². The van der Waals surface area contributed by atoms with Crippen LogP contribution in [0.3, 0.4) is 0 Å². The van der Waals surface area contributed by atoms with Crippen molar-refractivity contribution >= 4 is 8.80 Å². The van der Waals surface area contributed by atoms with E-state index >= 15 is 0 Å². The normalized spacial score (nSPS) is 12.6. The molecule has 4 N–H and O–H groups in total. The molecule has 4 nitrogen and oxygen atoms in total. The van der Waals surface area contributed by atoms with E-state index in [1.54, 1.807) is 0 Å². The lowest BCUT2D eigenvalue weighted by Gasteiger charge is -2.11. The smallest absolute Gasteiger partial charge is 0.390 e. The monoisotopic (exact) mass is 165 g/mol. The third-order valence-corrected chi connectivity index (χ3v) is 1.93. The molecular weight excluding hydrogens is 150 g/mol. The first-order chi connectivity index (χ1) is 4.42. The van der Waals surface area contributed by atoms with E-state index in [9.17, 15) is 0 Å². The fourth-order valence-corrected chi connectivity index (χ4v) is 1.01. The van der Waals surface area contributed by atoms with Gasteiger partial charge in [-0.3, -0.25) is 0 Å². The first kappa shape index (κ1) is 10.1. The Morgan fingerprint density at radius 3 is 2.10 bits per heavy atom. The van der Waals surface area contributed by atoms with Crippen LogP contribution >= 0.6 is 0 Å². The van der Waals surface area contributed by atoms with Crippen LogP contribution in [-0.2, 0) is 0 Å². The van der Waals surface area contributed by atoms with Gasteiger partial charge in [-0.25, -0.2) is 0 Å². The maximum atomic E-state index is 8.54. The summed E-state index contributed by atoms with van der Waals surface area (Å²) in [4.78, 5) is 25.6. The molecule has 0 rings (SSSR count). The molecule has 5 heteroatoms. The lowest BCUT2D eigenvalue weighted by atomic mass is 10.4. The summed E-state index contributed by atoms with van der Waals surface area (Å²) < 4.78 is 0. The van der Waals surface area contributed by atoms with Crippen molar-refractivity contribution in [2.24, 2.45) is 0 Å². The Balaban J connectivity index is 3.21. The molecule has 0 fully saturated rings. The lowest BCUT2D eigenvalue weighted by Crippen LogP contribution is -2.39. The molecule has 0 aromatic carbocycles. The molecule has 0 heterocycles. The highest BCUT2D eigenvalue weighted by Crippen LogP contribution is 1.93. The summed E-state index contributed by atoms with van der Waals surface area (Å²) in [6.07, 6.45) is 0. The topological polar surface area (TPSA) is 72.7 Å². The Bertz CT molecular complexity index is 91.4. The van der Waals surface area contributed by atoms with Gasteiger partial charge in [-0.15, -0.1) is 0 Å². The number of hydrogen-bond acceptors (Lipinski definition) is 4. The van der Waals surface area contributed by atoms with E-state index in [2.05, 4.69) is 5.32 Å². The van der Waals surface area contributed by atoms with Crippen LogP contribution in [0.25, 0.3) is 0 Å². The molecule has 0 atom stereocenters. The molecule has 0 spiro atoms. The molecular formula is C5H15NO3Si. The van der Waals surface area contributed by atoms with Crippen molar-refractivity contribution in [3.63, 3.8) is 0 Å². The third kappa shape index (κ3) is 8.06.